The van der Waals surface area contributed by atoms with Crippen LogP contribution in [0.2, 0.25) is 0 Å². The highest BCUT2D eigenvalue weighted by atomic mass is 16.5. The smallest absolute Gasteiger partial charge is 0.302 e. The molecule has 104 valence electrons. The summed E-state index contributed by atoms with van der Waals surface area (Å²) in [5.41, 5.74) is 3.76. The number of ether oxygens (including phenoxy) is 1. The van der Waals surface area contributed by atoms with Crippen molar-refractivity contribution >= 4 is 5.97 Å². The molecule has 0 aliphatic carbocycles. The summed E-state index contributed by atoms with van der Waals surface area (Å²) in [6, 6.07) is 8.34. The van der Waals surface area contributed by atoms with Crippen molar-refractivity contribution in [2.45, 2.75) is 53.1 Å². The van der Waals surface area contributed by atoms with Crippen molar-refractivity contribution in [1.29, 1.82) is 0 Å². The van der Waals surface area contributed by atoms with E-state index in [1.165, 1.54) is 18.1 Å². The SMILES string of the molecule is CC(=O)OCc1ccc(C(C)CCC=C(C)C)cc1. The van der Waals surface area contributed by atoms with Gasteiger partial charge in [0.1, 0.15) is 6.61 Å². The van der Waals surface area contributed by atoms with Gasteiger partial charge in [-0.25, -0.2) is 0 Å². The van der Waals surface area contributed by atoms with Gasteiger partial charge < -0.3 is 4.74 Å². The van der Waals surface area contributed by atoms with Crippen LogP contribution in [-0.2, 0) is 16.1 Å². The second kappa shape index (κ2) is 7.78. The largest absolute Gasteiger partial charge is 0.461 e. The van der Waals surface area contributed by atoms with Crippen LogP contribution in [0.15, 0.2) is 35.9 Å². The minimum absolute atomic E-state index is 0.237. The summed E-state index contributed by atoms with van der Waals surface area (Å²) in [4.78, 5) is 10.7. The lowest BCUT2D eigenvalue weighted by Crippen LogP contribution is -1.99. The molecule has 1 atom stereocenters. The number of rotatable bonds is 6. The van der Waals surface area contributed by atoms with Crippen LogP contribution in [0.25, 0.3) is 0 Å². The first-order valence-corrected chi connectivity index (χ1v) is 6.84. The third-order valence-corrected chi connectivity index (χ3v) is 3.14. The van der Waals surface area contributed by atoms with E-state index >= 15 is 0 Å². The van der Waals surface area contributed by atoms with Crippen molar-refractivity contribution in [3.63, 3.8) is 0 Å². The predicted octanol–water partition coefficient (Wildman–Crippen LogP) is 4.60. The molecule has 0 bridgehead atoms. The average Bonchev–Trinajstić information content (AvgIpc) is 2.36. The van der Waals surface area contributed by atoms with E-state index < -0.39 is 0 Å². The Morgan fingerprint density at radius 3 is 2.37 bits per heavy atom. The van der Waals surface area contributed by atoms with Crippen LogP contribution in [-0.4, -0.2) is 5.97 Å². The minimum Gasteiger partial charge on any atom is -0.461 e. The fraction of sp³-hybridized carbons (Fsp3) is 0.471. The van der Waals surface area contributed by atoms with Crippen molar-refractivity contribution in [3.8, 4) is 0 Å². The van der Waals surface area contributed by atoms with Gasteiger partial charge in [0.05, 0.1) is 0 Å². The Labute approximate surface area is 116 Å². The van der Waals surface area contributed by atoms with Gasteiger partial charge in [0.25, 0.3) is 0 Å². The molecule has 0 N–H and O–H groups in total. The van der Waals surface area contributed by atoms with Gasteiger partial charge in [-0.3, -0.25) is 4.79 Å². The zero-order valence-electron chi connectivity index (χ0n) is 12.4. The van der Waals surface area contributed by atoms with E-state index in [1.807, 2.05) is 12.1 Å². The lowest BCUT2D eigenvalue weighted by Gasteiger charge is -2.11. The van der Waals surface area contributed by atoms with E-state index in [9.17, 15) is 4.79 Å². The summed E-state index contributed by atoms with van der Waals surface area (Å²) >= 11 is 0. The van der Waals surface area contributed by atoms with Crippen molar-refractivity contribution < 1.29 is 9.53 Å². The third kappa shape index (κ3) is 6.23. The minimum atomic E-state index is -0.237. The van der Waals surface area contributed by atoms with Crippen LogP contribution in [0.3, 0.4) is 0 Å². The maximum absolute atomic E-state index is 10.7. The first-order chi connectivity index (χ1) is 8.99. The molecule has 2 heteroatoms. The molecule has 0 saturated carbocycles. The number of esters is 1. The van der Waals surface area contributed by atoms with Crippen molar-refractivity contribution in [2.75, 3.05) is 0 Å². The molecule has 0 aromatic heterocycles. The molecule has 2 nitrogen and oxygen atoms in total. The standard InChI is InChI=1S/C17H24O2/c1-13(2)6-5-7-14(3)17-10-8-16(9-11-17)12-19-15(4)18/h6,8-11,14H,5,7,12H2,1-4H3. The summed E-state index contributed by atoms with van der Waals surface area (Å²) in [6.07, 6.45) is 4.57. The molecule has 0 aliphatic heterocycles. The van der Waals surface area contributed by atoms with Crippen molar-refractivity contribution in [1.82, 2.24) is 0 Å². The zero-order chi connectivity index (χ0) is 14.3. The van der Waals surface area contributed by atoms with E-state index in [0.29, 0.717) is 12.5 Å². The molecular formula is C17H24O2. The zero-order valence-corrected chi connectivity index (χ0v) is 12.4. The van der Waals surface area contributed by atoms with Gasteiger partial charge in [0, 0.05) is 6.92 Å². The van der Waals surface area contributed by atoms with Crippen LogP contribution < -0.4 is 0 Å². The molecule has 19 heavy (non-hydrogen) atoms. The molecule has 0 fully saturated rings. The highest BCUT2D eigenvalue weighted by Crippen LogP contribution is 2.21. The van der Waals surface area contributed by atoms with Gasteiger partial charge >= 0.3 is 5.97 Å². The van der Waals surface area contributed by atoms with Crippen LogP contribution in [0.1, 0.15) is 57.6 Å². The van der Waals surface area contributed by atoms with E-state index in [2.05, 4.69) is 39.0 Å². The maximum atomic E-state index is 10.7. The Morgan fingerprint density at radius 2 is 1.84 bits per heavy atom. The van der Waals surface area contributed by atoms with Crippen molar-refractivity contribution in [3.05, 3.63) is 47.0 Å². The number of carbonyl (C=O) groups is 1. The summed E-state index contributed by atoms with van der Waals surface area (Å²) < 4.78 is 4.97. The molecule has 1 unspecified atom stereocenters. The van der Waals surface area contributed by atoms with Gasteiger partial charge in [0.2, 0.25) is 0 Å². The fourth-order valence-electron chi connectivity index (χ4n) is 1.92. The molecule has 0 radical (unpaired) electrons. The molecule has 0 spiro atoms. The highest BCUT2D eigenvalue weighted by Gasteiger charge is 2.05. The molecule has 1 aromatic rings. The average molecular weight is 260 g/mol. The van der Waals surface area contributed by atoms with Crippen LogP contribution in [0.4, 0.5) is 0 Å². The molecule has 1 rings (SSSR count). The van der Waals surface area contributed by atoms with E-state index in [0.717, 1.165) is 18.4 Å². The number of allylic oxidation sites excluding steroid dienone is 2. The van der Waals surface area contributed by atoms with Crippen LogP contribution >= 0.6 is 0 Å². The highest BCUT2D eigenvalue weighted by molar-refractivity contribution is 5.65. The lowest BCUT2D eigenvalue weighted by atomic mass is 9.95. The predicted molar refractivity (Wildman–Crippen MR) is 79.0 cm³/mol. The Bertz CT molecular complexity index is 425. The third-order valence-electron chi connectivity index (χ3n) is 3.14. The number of hydrogen-bond donors (Lipinski definition) is 0. The molecule has 0 heterocycles. The normalized spacial score (nSPS) is 11.8. The number of benzene rings is 1. The second-order valence-electron chi connectivity index (χ2n) is 5.28. The Balaban J connectivity index is 2.50. The summed E-state index contributed by atoms with van der Waals surface area (Å²) in [5, 5.41) is 0. The Hall–Kier alpha value is -1.57. The number of carbonyl (C=O) groups excluding carboxylic acids is 1. The Kier molecular flexibility index (Phi) is 6.34. The molecule has 0 saturated heterocycles. The lowest BCUT2D eigenvalue weighted by molar-refractivity contribution is -0.142. The first kappa shape index (κ1) is 15.5. The van der Waals surface area contributed by atoms with Gasteiger partial charge in [0.15, 0.2) is 0 Å². The van der Waals surface area contributed by atoms with Gasteiger partial charge in [-0.15, -0.1) is 0 Å². The molecule has 0 aliphatic rings. The second-order valence-corrected chi connectivity index (χ2v) is 5.28. The molecular weight excluding hydrogens is 236 g/mol. The topological polar surface area (TPSA) is 26.3 Å². The van der Waals surface area contributed by atoms with Crippen molar-refractivity contribution in [2.24, 2.45) is 0 Å². The van der Waals surface area contributed by atoms with Crippen LogP contribution in [0.5, 0.6) is 0 Å². The fourth-order valence-corrected chi connectivity index (χ4v) is 1.92. The quantitative estimate of drug-likeness (QED) is 0.552. The first-order valence-electron chi connectivity index (χ1n) is 6.84. The van der Waals surface area contributed by atoms with E-state index in [1.54, 1.807) is 0 Å². The summed E-state index contributed by atoms with van der Waals surface area (Å²) in [7, 11) is 0. The number of hydrogen-bond acceptors (Lipinski definition) is 2. The summed E-state index contributed by atoms with van der Waals surface area (Å²) in [6.45, 7) is 8.31. The summed E-state index contributed by atoms with van der Waals surface area (Å²) in [5.74, 6) is 0.317. The molecule has 1 aromatic carbocycles. The van der Waals surface area contributed by atoms with Gasteiger partial charge in [-0.05, 0) is 43.7 Å². The van der Waals surface area contributed by atoms with E-state index in [-0.39, 0.29) is 5.97 Å². The maximum Gasteiger partial charge on any atom is 0.302 e. The molecule has 0 amide bonds. The van der Waals surface area contributed by atoms with Gasteiger partial charge in [-0.2, -0.15) is 0 Å². The van der Waals surface area contributed by atoms with Crippen LogP contribution in [0, 0.1) is 0 Å². The van der Waals surface area contributed by atoms with E-state index in [4.69, 9.17) is 4.74 Å². The Morgan fingerprint density at radius 1 is 1.21 bits per heavy atom. The monoisotopic (exact) mass is 260 g/mol. The van der Waals surface area contributed by atoms with Gasteiger partial charge in [-0.1, -0.05) is 42.8 Å².